The summed E-state index contributed by atoms with van der Waals surface area (Å²) in [4.78, 5) is 16.8. The number of nitrogens with one attached hydrogen (secondary N) is 1. The number of nitrogens with zero attached hydrogens (tertiary/aromatic N) is 2. The monoisotopic (exact) mass is 350 g/mol. The largest absolute Gasteiger partial charge is 0.345 e. The van der Waals surface area contributed by atoms with E-state index in [2.05, 4.69) is 15.5 Å². The van der Waals surface area contributed by atoms with Crippen molar-refractivity contribution in [3.63, 3.8) is 0 Å². The number of hydrogen-bond donors (Lipinski definition) is 2. The molecule has 1 heterocycles. The van der Waals surface area contributed by atoms with Gasteiger partial charge in [-0.3, -0.25) is 4.79 Å². The normalized spacial score (nSPS) is 13.2. The first-order chi connectivity index (χ1) is 12.5. The lowest BCUT2D eigenvalue weighted by Crippen LogP contribution is -2.36. The molecule has 1 amide bonds. The van der Waals surface area contributed by atoms with Gasteiger partial charge in [0.05, 0.1) is 12.5 Å². The first-order valence-electron chi connectivity index (χ1n) is 8.52. The molecule has 2 aromatic carbocycles. The number of aromatic nitrogens is 2. The van der Waals surface area contributed by atoms with Crippen LogP contribution in [0.1, 0.15) is 47.4 Å². The van der Waals surface area contributed by atoms with E-state index in [9.17, 15) is 4.79 Å². The van der Waals surface area contributed by atoms with Gasteiger partial charge in [0.2, 0.25) is 11.8 Å². The maximum absolute atomic E-state index is 12.4. The Labute approximate surface area is 152 Å². The van der Waals surface area contributed by atoms with E-state index in [1.54, 1.807) is 6.92 Å². The topological polar surface area (TPSA) is 94.0 Å². The Balaban J connectivity index is 1.61. The summed E-state index contributed by atoms with van der Waals surface area (Å²) in [6.45, 7) is 3.79. The van der Waals surface area contributed by atoms with Gasteiger partial charge < -0.3 is 15.6 Å². The second-order valence-electron chi connectivity index (χ2n) is 6.33. The Morgan fingerprint density at radius 2 is 1.85 bits per heavy atom. The zero-order valence-corrected chi connectivity index (χ0v) is 14.8. The molecule has 3 N–H and O–H groups in total. The predicted octanol–water partition coefficient (Wildman–Crippen LogP) is 2.85. The SMILES string of the molecule is Cc1ccc(C(N)C(=O)NC(C)c2noc(Cc3ccccc3)n2)cc1. The Morgan fingerprint density at radius 1 is 1.15 bits per heavy atom. The van der Waals surface area contributed by atoms with Gasteiger partial charge in [-0.1, -0.05) is 65.3 Å². The van der Waals surface area contributed by atoms with E-state index in [1.807, 2.05) is 61.5 Å². The molecule has 0 aliphatic heterocycles. The molecule has 6 nitrogen and oxygen atoms in total. The third-order valence-corrected chi connectivity index (χ3v) is 4.15. The molecule has 26 heavy (non-hydrogen) atoms. The van der Waals surface area contributed by atoms with E-state index < -0.39 is 12.1 Å². The Morgan fingerprint density at radius 3 is 2.54 bits per heavy atom. The van der Waals surface area contributed by atoms with Crippen molar-refractivity contribution in [2.75, 3.05) is 0 Å². The summed E-state index contributed by atoms with van der Waals surface area (Å²) < 4.78 is 5.29. The minimum atomic E-state index is -0.742. The van der Waals surface area contributed by atoms with Crippen LogP contribution in [0.4, 0.5) is 0 Å². The van der Waals surface area contributed by atoms with Crippen molar-refractivity contribution in [2.45, 2.75) is 32.4 Å². The number of nitrogens with two attached hydrogens (primary N) is 1. The lowest BCUT2D eigenvalue weighted by Gasteiger charge is -2.15. The summed E-state index contributed by atoms with van der Waals surface area (Å²) in [6.07, 6.45) is 0.553. The van der Waals surface area contributed by atoms with E-state index in [0.717, 1.165) is 16.7 Å². The highest BCUT2D eigenvalue weighted by Gasteiger charge is 2.21. The number of rotatable bonds is 6. The smallest absolute Gasteiger partial charge is 0.242 e. The molecule has 0 bridgehead atoms. The van der Waals surface area contributed by atoms with Crippen molar-refractivity contribution in [3.05, 3.63) is 83.0 Å². The van der Waals surface area contributed by atoms with E-state index in [0.29, 0.717) is 18.1 Å². The van der Waals surface area contributed by atoms with E-state index in [-0.39, 0.29) is 5.91 Å². The van der Waals surface area contributed by atoms with Crippen LogP contribution in [0.25, 0.3) is 0 Å². The lowest BCUT2D eigenvalue weighted by atomic mass is 10.1. The van der Waals surface area contributed by atoms with Crippen molar-refractivity contribution in [2.24, 2.45) is 5.73 Å². The summed E-state index contributed by atoms with van der Waals surface area (Å²) in [5, 5.41) is 6.80. The van der Waals surface area contributed by atoms with Gasteiger partial charge in [-0.25, -0.2) is 0 Å². The fourth-order valence-electron chi connectivity index (χ4n) is 2.58. The van der Waals surface area contributed by atoms with Crippen molar-refractivity contribution in [3.8, 4) is 0 Å². The quantitative estimate of drug-likeness (QED) is 0.713. The van der Waals surface area contributed by atoms with Gasteiger partial charge in [0.1, 0.15) is 6.04 Å². The molecule has 134 valence electrons. The van der Waals surface area contributed by atoms with Crippen molar-refractivity contribution in [1.82, 2.24) is 15.5 Å². The van der Waals surface area contributed by atoms with Crippen LogP contribution < -0.4 is 11.1 Å². The molecule has 0 aliphatic carbocycles. The van der Waals surface area contributed by atoms with Crippen LogP contribution in [0.2, 0.25) is 0 Å². The van der Waals surface area contributed by atoms with Crippen LogP contribution >= 0.6 is 0 Å². The van der Waals surface area contributed by atoms with Gasteiger partial charge in [-0.2, -0.15) is 4.98 Å². The van der Waals surface area contributed by atoms with Crippen molar-refractivity contribution in [1.29, 1.82) is 0 Å². The molecule has 2 atom stereocenters. The molecule has 0 radical (unpaired) electrons. The third-order valence-electron chi connectivity index (χ3n) is 4.15. The van der Waals surface area contributed by atoms with E-state index in [4.69, 9.17) is 10.3 Å². The number of carbonyl (C=O) groups excluding carboxylic acids is 1. The Kier molecular flexibility index (Phi) is 5.43. The Bertz CT molecular complexity index is 859. The molecule has 0 spiro atoms. The highest BCUT2D eigenvalue weighted by molar-refractivity contribution is 5.83. The third kappa shape index (κ3) is 4.34. The molecule has 0 saturated carbocycles. The minimum absolute atomic E-state index is 0.282. The van der Waals surface area contributed by atoms with Crippen LogP contribution in [0.5, 0.6) is 0 Å². The molecule has 0 saturated heterocycles. The first-order valence-corrected chi connectivity index (χ1v) is 8.52. The van der Waals surface area contributed by atoms with Gasteiger partial charge in [0, 0.05) is 0 Å². The second-order valence-corrected chi connectivity index (χ2v) is 6.33. The van der Waals surface area contributed by atoms with Crippen LogP contribution in [0.3, 0.4) is 0 Å². The second kappa shape index (κ2) is 7.93. The predicted molar refractivity (Wildman–Crippen MR) is 98.2 cm³/mol. The number of amides is 1. The Hall–Kier alpha value is -2.99. The molecule has 3 rings (SSSR count). The van der Waals surface area contributed by atoms with Crippen LogP contribution in [0, 0.1) is 6.92 Å². The standard InChI is InChI=1S/C20H22N4O2/c1-13-8-10-16(11-9-13)18(21)20(25)22-14(2)19-23-17(26-24-19)12-15-6-4-3-5-7-15/h3-11,14,18H,12,21H2,1-2H3,(H,22,25). The summed E-state index contributed by atoms with van der Waals surface area (Å²) >= 11 is 0. The average molecular weight is 350 g/mol. The zero-order valence-electron chi connectivity index (χ0n) is 14.8. The van der Waals surface area contributed by atoms with Crippen molar-refractivity contribution >= 4 is 5.91 Å². The molecular weight excluding hydrogens is 328 g/mol. The molecule has 2 unspecified atom stereocenters. The van der Waals surface area contributed by atoms with Crippen molar-refractivity contribution < 1.29 is 9.32 Å². The average Bonchev–Trinajstić information content (AvgIpc) is 3.11. The summed E-state index contributed by atoms with van der Waals surface area (Å²) in [7, 11) is 0. The van der Waals surface area contributed by atoms with Crippen LogP contribution in [-0.2, 0) is 11.2 Å². The van der Waals surface area contributed by atoms with Gasteiger partial charge in [0.15, 0.2) is 5.82 Å². The summed E-state index contributed by atoms with van der Waals surface area (Å²) in [5.74, 6) is 0.659. The molecule has 0 aliphatic rings. The zero-order chi connectivity index (χ0) is 18.5. The minimum Gasteiger partial charge on any atom is -0.345 e. The highest BCUT2D eigenvalue weighted by Crippen LogP contribution is 2.15. The number of hydrogen-bond acceptors (Lipinski definition) is 5. The molecule has 3 aromatic rings. The molecular formula is C20H22N4O2. The van der Waals surface area contributed by atoms with E-state index >= 15 is 0 Å². The van der Waals surface area contributed by atoms with E-state index in [1.165, 1.54) is 0 Å². The molecule has 0 fully saturated rings. The number of benzene rings is 2. The van der Waals surface area contributed by atoms with Gasteiger partial charge in [-0.05, 0) is 25.0 Å². The van der Waals surface area contributed by atoms with Crippen LogP contribution in [0.15, 0.2) is 59.1 Å². The fraction of sp³-hybridized carbons (Fsp3) is 0.250. The van der Waals surface area contributed by atoms with Crippen LogP contribution in [-0.4, -0.2) is 16.0 Å². The molecule has 1 aromatic heterocycles. The lowest BCUT2D eigenvalue weighted by molar-refractivity contribution is -0.123. The first kappa shape index (κ1) is 17.8. The van der Waals surface area contributed by atoms with Gasteiger partial charge in [0.25, 0.3) is 0 Å². The number of carbonyl (C=O) groups is 1. The fourth-order valence-corrected chi connectivity index (χ4v) is 2.58. The molecule has 6 heteroatoms. The van der Waals surface area contributed by atoms with Gasteiger partial charge >= 0.3 is 0 Å². The summed E-state index contributed by atoms with van der Waals surface area (Å²) in [6, 6.07) is 16.3. The number of aryl methyl sites for hydroxylation is 1. The van der Waals surface area contributed by atoms with Gasteiger partial charge in [-0.15, -0.1) is 0 Å². The maximum Gasteiger partial charge on any atom is 0.242 e. The highest BCUT2D eigenvalue weighted by atomic mass is 16.5. The summed E-state index contributed by atoms with van der Waals surface area (Å²) in [5.41, 5.74) is 9.01. The maximum atomic E-state index is 12.4.